The van der Waals surface area contributed by atoms with Gasteiger partial charge in [-0.25, -0.2) is 0 Å². The van der Waals surface area contributed by atoms with Crippen LogP contribution in [0.25, 0.3) is 0 Å². The molecule has 2 aromatic carbocycles. The third-order valence-corrected chi connectivity index (χ3v) is 3.52. The molecule has 1 amide bonds. The molecule has 0 aliphatic heterocycles. The first-order valence-electron chi connectivity index (χ1n) is 6.81. The van der Waals surface area contributed by atoms with Crippen LogP contribution in [0.4, 0.5) is 11.4 Å². The van der Waals surface area contributed by atoms with Crippen LogP contribution in [0, 0.1) is 24.0 Å². The molecule has 6 nitrogen and oxygen atoms in total. The van der Waals surface area contributed by atoms with Gasteiger partial charge in [0.1, 0.15) is 0 Å². The molecule has 0 spiro atoms. The van der Waals surface area contributed by atoms with E-state index in [4.69, 9.17) is 12.2 Å². The fraction of sp³-hybridized carbons (Fsp3) is 0.125. The molecule has 0 aliphatic carbocycles. The number of aryl methyl sites for hydroxylation is 2. The molecule has 7 heteroatoms. The van der Waals surface area contributed by atoms with Gasteiger partial charge in [0.25, 0.3) is 11.6 Å². The zero-order valence-electron chi connectivity index (χ0n) is 12.6. The van der Waals surface area contributed by atoms with E-state index in [9.17, 15) is 14.9 Å². The Labute approximate surface area is 138 Å². The molecule has 2 aromatic rings. The minimum Gasteiger partial charge on any atom is -0.332 e. The van der Waals surface area contributed by atoms with Gasteiger partial charge >= 0.3 is 0 Å². The molecule has 0 unspecified atom stereocenters. The first-order chi connectivity index (χ1) is 10.9. The van der Waals surface area contributed by atoms with Crippen molar-refractivity contribution in [3.05, 3.63) is 69.3 Å². The Hall–Kier alpha value is -2.80. The van der Waals surface area contributed by atoms with Crippen LogP contribution in [-0.4, -0.2) is 15.9 Å². The maximum absolute atomic E-state index is 12.1. The second-order valence-corrected chi connectivity index (χ2v) is 5.42. The van der Waals surface area contributed by atoms with Gasteiger partial charge in [0.2, 0.25) is 0 Å². The van der Waals surface area contributed by atoms with Gasteiger partial charge in [-0.3, -0.25) is 20.2 Å². The Morgan fingerprint density at radius 1 is 1.13 bits per heavy atom. The Bertz CT molecular complexity index is 790. The summed E-state index contributed by atoms with van der Waals surface area (Å²) in [6.45, 7) is 3.89. The summed E-state index contributed by atoms with van der Waals surface area (Å²) in [5, 5.41) is 16.1. The summed E-state index contributed by atoms with van der Waals surface area (Å²) < 4.78 is 0. The predicted octanol–water partition coefficient (Wildman–Crippen LogP) is 3.34. The number of rotatable bonds is 3. The number of carbonyl (C=O) groups excluding carboxylic acids is 1. The molecule has 0 heterocycles. The van der Waals surface area contributed by atoms with Gasteiger partial charge in [-0.05, 0) is 55.4 Å². The van der Waals surface area contributed by atoms with Gasteiger partial charge in [0.05, 0.1) is 4.92 Å². The molecule has 0 saturated carbocycles. The van der Waals surface area contributed by atoms with E-state index in [1.165, 1.54) is 18.2 Å². The lowest BCUT2D eigenvalue weighted by Crippen LogP contribution is -2.34. The van der Waals surface area contributed by atoms with Gasteiger partial charge in [-0.2, -0.15) is 0 Å². The van der Waals surface area contributed by atoms with Gasteiger partial charge in [-0.1, -0.05) is 12.1 Å². The van der Waals surface area contributed by atoms with E-state index in [0.717, 1.165) is 11.1 Å². The maximum atomic E-state index is 12.1. The molecule has 118 valence electrons. The minimum absolute atomic E-state index is 0.0571. The number of non-ortho nitro benzene ring substituents is 1. The van der Waals surface area contributed by atoms with Gasteiger partial charge in [-0.15, -0.1) is 0 Å². The smallest absolute Gasteiger partial charge is 0.271 e. The summed E-state index contributed by atoms with van der Waals surface area (Å²) >= 11 is 5.07. The second-order valence-electron chi connectivity index (χ2n) is 5.01. The molecule has 0 radical (unpaired) electrons. The van der Waals surface area contributed by atoms with Crippen molar-refractivity contribution in [2.45, 2.75) is 13.8 Å². The highest BCUT2D eigenvalue weighted by molar-refractivity contribution is 7.80. The van der Waals surface area contributed by atoms with E-state index in [2.05, 4.69) is 10.6 Å². The molecule has 0 fully saturated rings. The third-order valence-electron chi connectivity index (χ3n) is 3.31. The summed E-state index contributed by atoms with van der Waals surface area (Å²) in [6, 6.07) is 11.2. The van der Waals surface area contributed by atoms with Crippen LogP contribution in [0.15, 0.2) is 42.5 Å². The number of hydrogen-bond acceptors (Lipinski definition) is 4. The molecule has 0 atom stereocenters. The highest BCUT2D eigenvalue weighted by Gasteiger charge is 2.10. The molecule has 0 bridgehead atoms. The van der Waals surface area contributed by atoms with E-state index in [1.807, 2.05) is 19.9 Å². The third kappa shape index (κ3) is 4.33. The number of thiocarbonyl (C=S) groups is 1. The Morgan fingerprint density at radius 2 is 1.87 bits per heavy atom. The Morgan fingerprint density at radius 3 is 2.52 bits per heavy atom. The molecular formula is C16H15N3O3S. The number of nitrogens with one attached hydrogen (secondary N) is 2. The molecule has 0 saturated heterocycles. The van der Waals surface area contributed by atoms with E-state index < -0.39 is 4.92 Å². The topological polar surface area (TPSA) is 84.3 Å². The monoisotopic (exact) mass is 329 g/mol. The van der Waals surface area contributed by atoms with Crippen molar-refractivity contribution in [1.82, 2.24) is 5.32 Å². The number of hydrogen-bond donors (Lipinski definition) is 2. The number of carbonyl (C=O) groups is 1. The minimum atomic E-state index is -0.498. The Balaban J connectivity index is 2.04. The van der Waals surface area contributed by atoms with Crippen LogP contribution in [0.5, 0.6) is 0 Å². The molecular weight excluding hydrogens is 314 g/mol. The standard InChI is InChI=1S/C16H15N3O3S/c1-10-6-7-12(8-11(10)2)15(20)18-16(23)17-13-4-3-5-14(9-13)19(21)22/h3-9H,1-2H3,(H2,17,18,20,23). The van der Waals surface area contributed by atoms with Gasteiger partial charge in [0.15, 0.2) is 5.11 Å². The molecule has 2 rings (SSSR count). The van der Waals surface area contributed by atoms with Crippen molar-refractivity contribution >= 4 is 34.6 Å². The van der Waals surface area contributed by atoms with E-state index in [0.29, 0.717) is 11.3 Å². The van der Waals surface area contributed by atoms with Crippen LogP contribution in [0.2, 0.25) is 0 Å². The lowest BCUT2D eigenvalue weighted by molar-refractivity contribution is -0.384. The summed E-state index contributed by atoms with van der Waals surface area (Å²) in [4.78, 5) is 22.4. The van der Waals surface area contributed by atoms with Crippen molar-refractivity contribution in [3.63, 3.8) is 0 Å². The fourth-order valence-corrected chi connectivity index (χ4v) is 2.13. The number of nitrogens with zero attached hydrogens (tertiary/aromatic N) is 1. The van der Waals surface area contributed by atoms with Gasteiger partial charge in [0, 0.05) is 23.4 Å². The lowest BCUT2D eigenvalue weighted by Gasteiger charge is -2.10. The van der Waals surface area contributed by atoms with Crippen molar-refractivity contribution < 1.29 is 9.72 Å². The van der Waals surface area contributed by atoms with E-state index in [-0.39, 0.29) is 16.7 Å². The van der Waals surface area contributed by atoms with Crippen molar-refractivity contribution in [2.75, 3.05) is 5.32 Å². The Kier molecular flexibility index (Phi) is 5.02. The lowest BCUT2D eigenvalue weighted by atomic mass is 10.1. The van der Waals surface area contributed by atoms with Crippen molar-refractivity contribution in [2.24, 2.45) is 0 Å². The van der Waals surface area contributed by atoms with E-state index >= 15 is 0 Å². The number of nitro benzene ring substituents is 1. The normalized spacial score (nSPS) is 10.0. The van der Waals surface area contributed by atoms with Crippen LogP contribution in [-0.2, 0) is 0 Å². The highest BCUT2D eigenvalue weighted by atomic mass is 32.1. The number of nitro groups is 1. The average molecular weight is 329 g/mol. The fourth-order valence-electron chi connectivity index (χ4n) is 1.92. The van der Waals surface area contributed by atoms with Gasteiger partial charge < -0.3 is 5.32 Å². The second kappa shape index (κ2) is 6.97. The molecule has 0 aromatic heterocycles. The van der Waals surface area contributed by atoms with Crippen LogP contribution < -0.4 is 10.6 Å². The summed E-state index contributed by atoms with van der Waals surface area (Å²) in [5.41, 5.74) is 2.98. The van der Waals surface area contributed by atoms with Crippen LogP contribution >= 0.6 is 12.2 Å². The summed E-state index contributed by atoms with van der Waals surface area (Å²) in [6.07, 6.45) is 0. The maximum Gasteiger partial charge on any atom is 0.271 e. The quantitative estimate of drug-likeness (QED) is 0.512. The van der Waals surface area contributed by atoms with E-state index in [1.54, 1.807) is 18.2 Å². The number of amides is 1. The van der Waals surface area contributed by atoms with Crippen molar-refractivity contribution in [1.29, 1.82) is 0 Å². The molecule has 0 aliphatic rings. The highest BCUT2D eigenvalue weighted by Crippen LogP contribution is 2.17. The number of anilines is 1. The van der Waals surface area contributed by atoms with Crippen molar-refractivity contribution in [3.8, 4) is 0 Å². The van der Waals surface area contributed by atoms with Crippen LogP contribution in [0.3, 0.4) is 0 Å². The summed E-state index contributed by atoms with van der Waals surface area (Å²) in [7, 11) is 0. The first kappa shape index (κ1) is 16.6. The summed E-state index contributed by atoms with van der Waals surface area (Å²) in [5.74, 6) is -0.337. The largest absolute Gasteiger partial charge is 0.332 e. The van der Waals surface area contributed by atoms with Crippen LogP contribution in [0.1, 0.15) is 21.5 Å². The zero-order valence-corrected chi connectivity index (χ0v) is 13.4. The number of benzene rings is 2. The molecule has 2 N–H and O–H groups in total. The molecule has 23 heavy (non-hydrogen) atoms. The zero-order chi connectivity index (χ0) is 17.0. The first-order valence-corrected chi connectivity index (χ1v) is 7.21. The SMILES string of the molecule is Cc1ccc(C(=O)NC(=S)Nc2cccc([N+](=O)[O-])c2)cc1C. The average Bonchev–Trinajstić information content (AvgIpc) is 2.50. The predicted molar refractivity (Wildman–Crippen MR) is 92.7 cm³/mol.